The number of rotatable bonds is 4. The van der Waals surface area contributed by atoms with Gasteiger partial charge in [0.1, 0.15) is 6.54 Å². The highest BCUT2D eigenvalue weighted by molar-refractivity contribution is 7.07. The SMILES string of the molecule is CCC[NH2+]Cc1ccsc1. The highest BCUT2D eigenvalue weighted by Gasteiger charge is 1.92. The molecule has 0 fully saturated rings. The van der Waals surface area contributed by atoms with Gasteiger partial charge in [0.2, 0.25) is 0 Å². The fraction of sp³-hybridized carbons (Fsp3) is 0.500. The molecule has 1 aromatic heterocycles. The molecule has 2 heteroatoms. The van der Waals surface area contributed by atoms with Gasteiger partial charge in [0.05, 0.1) is 6.54 Å². The predicted octanol–water partition coefficient (Wildman–Crippen LogP) is 1.22. The molecule has 10 heavy (non-hydrogen) atoms. The molecule has 2 N–H and O–H groups in total. The second-order valence-corrected chi connectivity index (χ2v) is 3.19. The zero-order chi connectivity index (χ0) is 7.23. The lowest BCUT2D eigenvalue weighted by Gasteiger charge is -1.94. The highest BCUT2D eigenvalue weighted by atomic mass is 32.1. The largest absolute Gasteiger partial charge is 0.342 e. The number of hydrogen-bond acceptors (Lipinski definition) is 1. The lowest BCUT2D eigenvalue weighted by Crippen LogP contribution is -2.82. The van der Waals surface area contributed by atoms with E-state index in [2.05, 4.69) is 29.1 Å². The van der Waals surface area contributed by atoms with Crippen LogP contribution in [0.4, 0.5) is 0 Å². The molecule has 0 amide bonds. The summed E-state index contributed by atoms with van der Waals surface area (Å²) in [5.41, 5.74) is 1.46. The van der Waals surface area contributed by atoms with E-state index in [4.69, 9.17) is 0 Å². The Morgan fingerprint density at radius 1 is 1.60 bits per heavy atom. The first kappa shape index (κ1) is 7.76. The first-order valence-corrected chi connectivity index (χ1v) is 4.70. The van der Waals surface area contributed by atoms with E-state index in [1.54, 1.807) is 11.3 Å². The summed E-state index contributed by atoms with van der Waals surface area (Å²) in [6.45, 7) is 4.61. The first-order chi connectivity index (χ1) is 4.93. The average molecular weight is 156 g/mol. The molecular formula is C8H14NS+. The Bertz CT molecular complexity index is 158. The summed E-state index contributed by atoms with van der Waals surface area (Å²) < 4.78 is 0. The van der Waals surface area contributed by atoms with Gasteiger partial charge in [-0.15, -0.1) is 0 Å². The van der Waals surface area contributed by atoms with Crippen molar-refractivity contribution in [2.75, 3.05) is 6.54 Å². The third-order valence-electron chi connectivity index (χ3n) is 1.45. The smallest absolute Gasteiger partial charge is 0.102 e. The van der Waals surface area contributed by atoms with Gasteiger partial charge in [-0.05, 0) is 23.2 Å². The second-order valence-electron chi connectivity index (χ2n) is 2.41. The Hall–Kier alpha value is -0.340. The maximum atomic E-state index is 2.35. The van der Waals surface area contributed by atoms with Gasteiger partial charge >= 0.3 is 0 Å². The van der Waals surface area contributed by atoms with Crippen LogP contribution in [0.5, 0.6) is 0 Å². The summed E-state index contributed by atoms with van der Waals surface area (Å²) in [7, 11) is 0. The third-order valence-corrected chi connectivity index (χ3v) is 2.18. The topological polar surface area (TPSA) is 16.6 Å². The summed E-state index contributed by atoms with van der Waals surface area (Å²) in [5, 5.41) is 6.70. The lowest BCUT2D eigenvalue weighted by molar-refractivity contribution is -0.670. The summed E-state index contributed by atoms with van der Waals surface area (Å²) in [6.07, 6.45) is 1.27. The van der Waals surface area contributed by atoms with Crippen LogP contribution < -0.4 is 5.32 Å². The second kappa shape index (κ2) is 4.47. The van der Waals surface area contributed by atoms with Gasteiger partial charge in [-0.1, -0.05) is 6.92 Å². The zero-order valence-corrected chi connectivity index (χ0v) is 7.16. The van der Waals surface area contributed by atoms with Crippen molar-refractivity contribution in [2.45, 2.75) is 19.9 Å². The average Bonchev–Trinajstić information content (AvgIpc) is 2.41. The first-order valence-electron chi connectivity index (χ1n) is 3.76. The highest BCUT2D eigenvalue weighted by Crippen LogP contribution is 2.02. The van der Waals surface area contributed by atoms with E-state index in [-0.39, 0.29) is 0 Å². The molecule has 0 aliphatic carbocycles. The molecule has 0 saturated heterocycles. The minimum absolute atomic E-state index is 1.15. The standard InChI is InChI=1S/C8H13NS/c1-2-4-9-6-8-3-5-10-7-8/h3,5,7,9H,2,4,6H2,1H3/p+1. The number of hydrogen-bond donors (Lipinski definition) is 1. The summed E-state index contributed by atoms with van der Waals surface area (Å²) >= 11 is 1.78. The van der Waals surface area contributed by atoms with Crippen molar-refractivity contribution < 1.29 is 5.32 Å². The predicted molar refractivity (Wildman–Crippen MR) is 45.1 cm³/mol. The monoisotopic (exact) mass is 156 g/mol. The van der Waals surface area contributed by atoms with Gasteiger partial charge in [-0.3, -0.25) is 0 Å². The number of quaternary nitrogens is 1. The van der Waals surface area contributed by atoms with Gasteiger partial charge in [0.25, 0.3) is 0 Å². The maximum absolute atomic E-state index is 2.35. The molecule has 1 rings (SSSR count). The molecule has 1 aromatic rings. The Labute approximate surface area is 66.1 Å². The zero-order valence-electron chi connectivity index (χ0n) is 6.34. The molecular weight excluding hydrogens is 142 g/mol. The summed E-state index contributed by atoms with van der Waals surface area (Å²) in [6, 6.07) is 2.19. The van der Waals surface area contributed by atoms with Crippen molar-refractivity contribution in [3.05, 3.63) is 22.4 Å². The molecule has 0 radical (unpaired) electrons. The van der Waals surface area contributed by atoms with Crippen LogP contribution in [0.2, 0.25) is 0 Å². The van der Waals surface area contributed by atoms with Crippen LogP contribution in [0.25, 0.3) is 0 Å². The van der Waals surface area contributed by atoms with Gasteiger partial charge in [0, 0.05) is 5.56 Å². The van der Waals surface area contributed by atoms with Gasteiger partial charge in [-0.2, -0.15) is 11.3 Å². The van der Waals surface area contributed by atoms with E-state index in [9.17, 15) is 0 Å². The molecule has 56 valence electrons. The van der Waals surface area contributed by atoms with E-state index in [1.807, 2.05) is 0 Å². The molecule has 1 nitrogen and oxygen atoms in total. The van der Waals surface area contributed by atoms with Crippen molar-refractivity contribution in [1.82, 2.24) is 0 Å². The molecule has 1 heterocycles. The Kier molecular flexibility index (Phi) is 3.47. The van der Waals surface area contributed by atoms with Crippen LogP contribution in [0.3, 0.4) is 0 Å². The normalized spacial score (nSPS) is 10.1. The van der Waals surface area contributed by atoms with Crippen LogP contribution in [-0.2, 0) is 6.54 Å². The van der Waals surface area contributed by atoms with E-state index in [0.29, 0.717) is 0 Å². The molecule has 0 spiro atoms. The molecule has 0 unspecified atom stereocenters. The fourth-order valence-electron chi connectivity index (χ4n) is 0.882. The summed E-state index contributed by atoms with van der Waals surface area (Å²) in [4.78, 5) is 0. The minimum Gasteiger partial charge on any atom is -0.342 e. The van der Waals surface area contributed by atoms with E-state index in [0.717, 1.165) is 6.54 Å². The molecule has 0 aromatic carbocycles. The molecule has 0 aliphatic heterocycles. The third kappa shape index (κ3) is 2.50. The van der Waals surface area contributed by atoms with E-state index < -0.39 is 0 Å². The van der Waals surface area contributed by atoms with Crippen LogP contribution in [0.1, 0.15) is 18.9 Å². The molecule has 0 atom stereocenters. The Balaban J connectivity index is 2.15. The fourth-order valence-corrected chi connectivity index (χ4v) is 1.56. The minimum atomic E-state index is 1.15. The van der Waals surface area contributed by atoms with Crippen LogP contribution in [0.15, 0.2) is 16.8 Å². The van der Waals surface area contributed by atoms with Crippen molar-refractivity contribution in [2.24, 2.45) is 0 Å². The van der Waals surface area contributed by atoms with Crippen LogP contribution >= 0.6 is 11.3 Å². The quantitative estimate of drug-likeness (QED) is 0.631. The van der Waals surface area contributed by atoms with Gasteiger partial charge in [-0.25, -0.2) is 0 Å². The van der Waals surface area contributed by atoms with Crippen molar-refractivity contribution in [3.8, 4) is 0 Å². The lowest BCUT2D eigenvalue weighted by atomic mass is 10.3. The van der Waals surface area contributed by atoms with E-state index in [1.165, 1.54) is 18.5 Å². The Morgan fingerprint density at radius 2 is 2.50 bits per heavy atom. The summed E-state index contributed by atoms with van der Waals surface area (Å²) in [5.74, 6) is 0. The van der Waals surface area contributed by atoms with Crippen molar-refractivity contribution in [3.63, 3.8) is 0 Å². The van der Waals surface area contributed by atoms with Crippen LogP contribution in [0, 0.1) is 0 Å². The van der Waals surface area contributed by atoms with Gasteiger partial charge in [0.15, 0.2) is 0 Å². The van der Waals surface area contributed by atoms with Crippen LogP contribution in [-0.4, -0.2) is 6.54 Å². The molecule has 0 saturated carbocycles. The number of thiophene rings is 1. The molecule has 0 bridgehead atoms. The van der Waals surface area contributed by atoms with E-state index >= 15 is 0 Å². The molecule has 0 aliphatic rings. The Morgan fingerprint density at radius 3 is 3.10 bits per heavy atom. The van der Waals surface area contributed by atoms with Crippen molar-refractivity contribution in [1.29, 1.82) is 0 Å². The van der Waals surface area contributed by atoms with Gasteiger partial charge < -0.3 is 5.32 Å². The maximum Gasteiger partial charge on any atom is 0.102 e. The number of nitrogens with two attached hydrogens (primary N) is 1. The van der Waals surface area contributed by atoms with Crippen molar-refractivity contribution >= 4 is 11.3 Å².